The predicted octanol–water partition coefficient (Wildman–Crippen LogP) is 5.51. The van der Waals surface area contributed by atoms with Crippen molar-refractivity contribution in [3.8, 4) is 11.8 Å². The first-order valence-electron chi connectivity index (χ1n) is 7.45. The minimum Gasteiger partial charge on any atom is -0.435 e. The molecule has 0 fully saturated rings. The summed E-state index contributed by atoms with van der Waals surface area (Å²) in [6.07, 6.45) is -3.51. The number of carbonyl (C=O) groups is 1. The minimum absolute atomic E-state index is 0.120. The van der Waals surface area contributed by atoms with Crippen LogP contribution in [0.2, 0.25) is 5.02 Å². The number of nitriles is 1. The van der Waals surface area contributed by atoms with Crippen molar-refractivity contribution in [3.05, 3.63) is 64.2 Å². The standard InChI is InChI=1S/C18H10ClF5N2O2/c19-14-6-3-12(18(22,23)24)8-15(14)26-16(27)11(9-25)7-10-1-4-13(5-2-10)28-17(20)21/h1-8,17H,(H,26,27). The molecule has 0 saturated heterocycles. The van der Waals surface area contributed by atoms with Gasteiger partial charge in [-0.15, -0.1) is 0 Å². The molecule has 0 heterocycles. The van der Waals surface area contributed by atoms with Gasteiger partial charge in [0.2, 0.25) is 0 Å². The van der Waals surface area contributed by atoms with Crippen LogP contribution in [-0.4, -0.2) is 12.5 Å². The second kappa shape index (κ2) is 8.71. The van der Waals surface area contributed by atoms with E-state index in [9.17, 15) is 26.7 Å². The molecule has 0 unspecified atom stereocenters. The monoisotopic (exact) mass is 416 g/mol. The number of alkyl halides is 5. The third-order valence-corrected chi connectivity index (χ3v) is 3.65. The maximum atomic E-state index is 12.8. The van der Waals surface area contributed by atoms with Crippen LogP contribution in [0.25, 0.3) is 6.08 Å². The van der Waals surface area contributed by atoms with E-state index in [1.807, 2.05) is 0 Å². The molecule has 0 aliphatic carbocycles. The van der Waals surface area contributed by atoms with Crippen LogP contribution in [0.1, 0.15) is 11.1 Å². The summed E-state index contributed by atoms with van der Waals surface area (Å²) in [5.41, 5.74) is -1.47. The number of amides is 1. The average Bonchev–Trinajstić information content (AvgIpc) is 2.61. The number of hydrogen-bond acceptors (Lipinski definition) is 3. The van der Waals surface area contributed by atoms with E-state index in [4.69, 9.17) is 16.9 Å². The number of nitrogens with one attached hydrogen (secondary N) is 1. The van der Waals surface area contributed by atoms with Crippen LogP contribution in [0.4, 0.5) is 27.6 Å². The molecule has 146 valence electrons. The summed E-state index contributed by atoms with van der Waals surface area (Å²) in [6, 6.07) is 9.02. The molecule has 0 radical (unpaired) electrons. The average molecular weight is 417 g/mol. The highest BCUT2D eigenvalue weighted by molar-refractivity contribution is 6.34. The summed E-state index contributed by atoms with van der Waals surface area (Å²) in [5, 5.41) is 11.1. The molecule has 0 aliphatic heterocycles. The van der Waals surface area contributed by atoms with E-state index >= 15 is 0 Å². The first kappa shape index (κ1) is 21.2. The highest BCUT2D eigenvalue weighted by atomic mass is 35.5. The van der Waals surface area contributed by atoms with Crippen LogP contribution in [0.5, 0.6) is 5.75 Å². The lowest BCUT2D eigenvalue weighted by Gasteiger charge is -2.11. The van der Waals surface area contributed by atoms with Crippen LogP contribution >= 0.6 is 11.6 Å². The van der Waals surface area contributed by atoms with E-state index in [1.165, 1.54) is 24.3 Å². The van der Waals surface area contributed by atoms with Gasteiger partial charge in [-0.25, -0.2) is 0 Å². The molecule has 0 bridgehead atoms. The Hall–Kier alpha value is -3.12. The van der Waals surface area contributed by atoms with E-state index in [1.54, 1.807) is 6.07 Å². The maximum Gasteiger partial charge on any atom is 0.416 e. The molecule has 0 spiro atoms. The summed E-state index contributed by atoms with van der Waals surface area (Å²) in [7, 11) is 0. The van der Waals surface area contributed by atoms with Gasteiger partial charge in [-0.1, -0.05) is 23.7 Å². The van der Waals surface area contributed by atoms with Gasteiger partial charge in [-0.2, -0.15) is 27.2 Å². The summed E-state index contributed by atoms with van der Waals surface area (Å²) < 4.78 is 66.8. The molecular formula is C18H10ClF5N2O2. The molecule has 2 aromatic rings. The molecule has 0 atom stereocenters. The first-order chi connectivity index (χ1) is 13.1. The fourth-order valence-corrected chi connectivity index (χ4v) is 2.21. The molecular weight excluding hydrogens is 407 g/mol. The summed E-state index contributed by atoms with van der Waals surface area (Å²) in [6.45, 7) is -3.00. The van der Waals surface area contributed by atoms with E-state index in [2.05, 4.69) is 10.1 Å². The van der Waals surface area contributed by atoms with Crippen LogP contribution in [0, 0.1) is 11.3 Å². The molecule has 28 heavy (non-hydrogen) atoms. The van der Waals surface area contributed by atoms with Crippen molar-refractivity contribution in [1.82, 2.24) is 0 Å². The lowest BCUT2D eigenvalue weighted by molar-refractivity contribution is -0.137. The van der Waals surface area contributed by atoms with Crippen molar-refractivity contribution < 1.29 is 31.5 Å². The summed E-state index contributed by atoms with van der Waals surface area (Å²) >= 11 is 5.80. The molecule has 1 amide bonds. The van der Waals surface area contributed by atoms with Gasteiger partial charge in [0.05, 0.1) is 16.3 Å². The van der Waals surface area contributed by atoms with Gasteiger partial charge in [0.15, 0.2) is 0 Å². The van der Waals surface area contributed by atoms with Crippen LogP contribution in [0.3, 0.4) is 0 Å². The van der Waals surface area contributed by atoms with Gasteiger partial charge < -0.3 is 10.1 Å². The van der Waals surface area contributed by atoms with Crippen molar-refractivity contribution in [2.45, 2.75) is 12.8 Å². The van der Waals surface area contributed by atoms with Crippen LogP contribution in [-0.2, 0) is 11.0 Å². The molecule has 0 aromatic heterocycles. The van der Waals surface area contributed by atoms with E-state index < -0.39 is 29.8 Å². The lowest BCUT2D eigenvalue weighted by Crippen LogP contribution is -2.15. The Morgan fingerprint density at radius 3 is 2.36 bits per heavy atom. The third-order valence-electron chi connectivity index (χ3n) is 3.32. The number of nitrogens with zero attached hydrogens (tertiary/aromatic N) is 1. The zero-order chi connectivity index (χ0) is 20.9. The second-order valence-electron chi connectivity index (χ2n) is 5.26. The van der Waals surface area contributed by atoms with E-state index in [0.717, 1.165) is 18.2 Å². The number of hydrogen-bond donors (Lipinski definition) is 1. The van der Waals surface area contributed by atoms with Gasteiger partial charge in [-0.05, 0) is 42.0 Å². The quantitative estimate of drug-likeness (QED) is 0.397. The molecule has 10 heteroatoms. The molecule has 1 N–H and O–H groups in total. The van der Waals surface area contributed by atoms with Crippen molar-refractivity contribution in [2.75, 3.05) is 5.32 Å². The lowest BCUT2D eigenvalue weighted by atomic mass is 10.1. The summed E-state index contributed by atoms with van der Waals surface area (Å²) in [4.78, 5) is 12.2. The molecule has 0 aliphatic rings. The Bertz CT molecular complexity index is 934. The predicted molar refractivity (Wildman–Crippen MR) is 91.7 cm³/mol. The number of anilines is 1. The SMILES string of the molecule is N#CC(=Cc1ccc(OC(F)F)cc1)C(=O)Nc1cc(C(F)(F)F)ccc1Cl. The van der Waals surface area contributed by atoms with Gasteiger partial charge in [-0.3, -0.25) is 4.79 Å². The molecule has 4 nitrogen and oxygen atoms in total. The Labute approximate surface area is 160 Å². The van der Waals surface area contributed by atoms with Gasteiger partial charge in [0.1, 0.15) is 17.4 Å². The van der Waals surface area contributed by atoms with Crippen molar-refractivity contribution in [1.29, 1.82) is 5.26 Å². The fraction of sp³-hybridized carbons (Fsp3) is 0.111. The molecule has 2 rings (SSSR count). The van der Waals surface area contributed by atoms with Crippen molar-refractivity contribution in [2.24, 2.45) is 0 Å². The zero-order valence-electron chi connectivity index (χ0n) is 13.7. The Morgan fingerprint density at radius 2 is 1.82 bits per heavy atom. The number of halogens is 6. The van der Waals surface area contributed by atoms with Gasteiger partial charge >= 0.3 is 12.8 Å². The minimum atomic E-state index is -4.64. The molecule has 0 saturated carbocycles. The second-order valence-corrected chi connectivity index (χ2v) is 5.67. The number of ether oxygens (including phenoxy) is 1. The summed E-state index contributed by atoms with van der Waals surface area (Å²) in [5.74, 6) is -1.11. The highest BCUT2D eigenvalue weighted by Crippen LogP contribution is 2.34. The van der Waals surface area contributed by atoms with E-state index in [0.29, 0.717) is 11.6 Å². The normalized spacial score (nSPS) is 11.9. The van der Waals surface area contributed by atoms with Crippen molar-refractivity contribution >= 4 is 29.3 Å². The fourth-order valence-electron chi connectivity index (χ4n) is 2.05. The third kappa shape index (κ3) is 5.69. The van der Waals surface area contributed by atoms with Gasteiger partial charge in [0.25, 0.3) is 5.91 Å². The Balaban J connectivity index is 2.22. The zero-order valence-corrected chi connectivity index (χ0v) is 14.5. The molecule has 2 aromatic carbocycles. The number of carbonyl (C=O) groups excluding carboxylic acids is 1. The largest absolute Gasteiger partial charge is 0.435 e. The smallest absolute Gasteiger partial charge is 0.416 e. The number of rotatable bonds is 5. The number of benzene rings is 2. The van der Waals surface area contributed by atoms with Gasteiger partial charge in [0, 0.05) is 0 Å². The van der Waals surface area contributed by atoms with Crippen LogP contribution in [0.15, 0.2) is 48.0 Å². The van der Waals surface area contributed by atoms with Crippen molar-refractivity contribution in [3.63, 3.8) is 0 Å². The topological polar surface area (TPSA) is 62.1 Å². The van der Waals surface area contributed by atoms with E-state index in [-0.39, 0.29) is 16.5 Å². The first-order valence-corrected chi connectivity index (χ1v) is 7.82. The van der Waals surface area contributed by atoms with Crippen LogP contribution < -0.4 is 10.1 Å². The highest BCUT2D eigenvalue weighted by Gasteiger charge is 2.31. The maximum absolute atomic E-state index is 12.8. The Kier molecular flexibility index (Phi) is 6.59. The Morgan fingerprint density at radius 1 is 1.18 bits per heavy atom.